The predicted octanol–water partition coefficient (Wildman–Crippen LogP) is 4.03. The quantitative estimate of drug-likeness (QED) is 0.349. The number of aromatic nitrogens is 2. The number of carbonyl (C=O) groups excluding carboxylic acids is 2. The molecule has 0 saturated heterocycles. The summed E-state index contributed by atoms with van der Waals surface area (Å²) in [4.78, 5) is 34.7. The van der Waals surface area contributed by atoms with Gasteiger partial charge >= 0.3 is 0 Å². The van der Waals surface area contributed by atoms with E-state index in [0.717, 1.165) is 23.2 Å². The Bertz CT molecular complexity index is 1400. The first kappa shape index (κ1) is 27.0. The normalized spacial score (nSPS) is 26.5. The van der Waals surface area contributed by atoms with Gasteiger partial charge in [-0.15, -0.1) is 11.6 Å². The molecular formula is C27H23ClF4N4O3. The van der Waals surface area contributed by atoms with Crippen molar-refractivity contribution in [3.05, 3.63) is 89.5 Å². The Morgan fingerprint density at radius 2 is 1.85 bits per heavy atom. The molecule has 0 unspecified atom stereocenters. The summed E-state index contributed by atoms with van der Waals surface area (Å²) in [5.41, 5.74) is -3.21. The van der Waals surface area contributed by atoms with E-state index in [4.69, 9.17) is 11.6 Å². The molecule has 2 aromatic heterocycles. The molecule has 204 valence electrons. The summed E-state index contributed by atoms with van der Waals surface area (Å²) < 4.78 is 58.1. The number of fused-ring (bicyclic) bond motifs is 1. The van der Waals surface area contributed by atoms with Crippen LogP contribution in [0.1, 0.15) is 34.3 Å². The minimum absolute atomic E-state index is 0.0390. The average Bonchev–Trinajstić information content (AvgIpc) is 3.14. The zero-order chi connectivity index (χ0) is 27.9. The maximum atomic E-state index is 15.1. The molecule has 2 N–H and O–H groups in total. The molecule has 0 bridgehead atoms. The number of hydrogen-bond donors (Lipinski definition) is 2. The molecule has 5 atom stereocenters. The molecule has 7 nitrogen and oxygen atoms in total. The minimum Gasteiger partial charge on any atom is -0.372 e. The maximum absolute atomic E-state index is 15.1. The van der Waals surface area contributed by atoms with Gasteiger partial charge in [-0.05, 0) is 43.0 Å². The summed E-state index contributed by atoms with van der Waals surface area (Å²) in [5.74, 6) is -5.48. The van der Waals surface area contributed by atoms with Crippen molar-refractivity contribution in [2.45, 2.75) is 36.3 Å². The van der Waals surface area contributed by atoms with E-state index in [2.05, 4.69) is 15.3 Å². The third kappa shape index (κ3) is 4.74. The number of pyridine rings is 2. The first-order valence-electron chi connectivity index (χ1n) is 12.2. The number of aliphatic hydroxyl groups is 1. The van der Waals surface area contributed by atoms with Crippen molar-refractivity contribution in [1.82, 2.24) is 15.3 Å². The lowest BCUT2D eigenvalue weighted by molar-refractivity contribution is -0.132. The van der Waals surface area contributed by atoms with E-state index in [0.29, 0.717) is 0 Å². The van der Waals surface area contributed by atoms with Gasteiger partial charge < -0.3 is 15.3 Å². The molecule has 1 aromatic carbocycles. The van der Waals surface area contributed by atoms with Crippen LogP contribution >= 0.6 is 11.6 Å². The van der Waals surface area contributed by atoms with Gasteiger partial charge in [-0.3, -0.25) is 19.6 Å². The van der Waals surface area contributed by atoms with Crippen LogP contribution in [0.4, 0.5) is 23.2 Å². The molecule has 12 heteroatoms. The summed E-state index contributed by atoms with van der Waals surface area (Å²) in [6.45, 7) is -0.303. The fourth-order valence-electron chi connectivity index (χ4n) is 5.48. The number of alkyl halides is 3. The van der Waals surface area contributed by atoms with Gasteiger partial charge in [0.15, 0.2) is 5.60 Å². The van der Waals surface area contributed by atoms with Gasteiger partial charge in [0.2, 0.25) is 6.43 Å². The number of hydrogen-bond acceptors (Lipinski definition) is 5. The molecule has 1 fully saturated rings. The Hall–Kier alpha value is -3.57. The summed E-state index contributed by atoms with van der Waals surface area (Å²) in [7, 11) is 0. The van der Waals surface area contributed by atoms with Crippen molar-refractivity contribution in [3.63, 3.8) is 0 Å². The second kappa shape index (κ2) is 10.5. The SMILES string of the molecule is O=C(N[C@@H]1C[C@@H](Cl)[C@@H](CN2C(=O)[C@](O)(c3ccncc3F)c3cccc(F)c32)C[C@H]1C(F)F)c1cccnc1. The lowest BCUT2D eigenvalue weighted by Crippen LogP contribution is -2.52. The molecule has 3 aromatic rings. The molecule has 39 heavy (non-hydrogen) atoms. The second-order valence-corrected chi connectivity index (χ2v) is 10.2. The van der Waals surface area contributed by atoms with Crippen LogP contribution in [0.25, 0.3) is 0 Å². The third-order valence-corrected chi connectivity index (χ3v) is 7.96. The minimum atomic E-state index is -2.82. The highest BCUT2D eigenvalue weighted by molar-refractivity contribution is 6.21. The molecule has 2 amide bonds. The van der Waals surface area contributed by atoms with Crippen molar-refractivity contribution in [1.29, 1.82) is 0 Å². The van der Waals surface area contributed by atoms with Crippen LogP contribution in [0.15, 0.2) is 61.2 Å². The second-order valence-electron chi connectivity index (χ2n) is 9.69. The summed E-state index contributed by atoms with van der Waals surface area (Å²) in [6, 6.07) is 6.88. The number of nitrogens with zero attached hydrogens (tertiary/aromatic N) is 3. The number of carbonyl (C=O) groups is 2. The Kier molecular flexibility index (Phi) is 7.30. The van der Waals surface area contributed by atoms with Gasteiger partial charge in [-0.2, -0.15) is 0 Å². The molecule has 5 rings (SSSR count). The van der Waals surface area contributed by atoms with Crippen LogP contribution < -0.4 is 10.2 Å². The molecule has 0 radical (unpaired) electrons. The molecular weight excluding hydrogens is 540 g/mol. The fourth-order valence-corrected chi connectivity index (χ4v) is 5.86. The Labute approximate surface area is 225 Å². The Balaban J connectivity index is 1.42. The monoisotopic (exact) mass is 562 g/mol. The topological polar surface area (TPSA) is 95.4 Å². The molecule has 0 spiro atoms. The van der Waals surface area contributed by atoms with Crippen LogP contribution in [0.5, 0.6) is 0 Å². The highest BCUT2D eigenvalue weighted by Gasteiger charge is 2.54. The lowest BCUT2D eigenvalue weighted by atomic mass is 9.77. The largest absolute Gasteiger partial charge is 0.372 e. The van der Waals surface area contributed by atoms with Crippen LogP contribution in [0.3, 0.4) is 0 Å². The van der Waals surface area contributed by atoms with E-state index in [1.807, 2.05) is 0 Å². The number of halogens is 5. The van der Waals surface area contributed by atoms with Crippen molar-refractivity contribution >= 4 is 29.1 Å². The highest BCUT2D eigenvalue weighted by atomic mass is 35.5. The van der Waals surface area contributed by atoms with Gasteiger partial charge in [0.05, 0.1) is 17.4 Å². The first-order valence-corrected chi connectivity index (χ1v) is 12.6. The van der Waals surface area contributed by atoms with Crippen molar-refractivity contribution in [3.8, 4) is 0 Å². The van der Waals surface area contributed by atoms with Gasteiger partial charge in [0, 0.05) is 53.6 Å². The molecule has 1 aliphatic carbocycles. The van der Waals surface area contributed by atoms with E-state index < -0.39 is 64.3 Å². The number of nitrogens with one attached hydrogen (secondary N) is 1. The molecule has 2 aliphatic rings. The average molecular weight is 563 g/mol. The van der Waals surface area contributed by atoms with E-state index in [-0.39, 0.29) is 36.2 Å². The zero-order valence-electron chi connectivity index (χ0n) is 20.3. The lowest BCUT2D eigenvalue weighted by Gasteiger charge is -2.40. The maximum Gasteiger partial charge on any atom is 0.268 e. The summed E-state index contributed by atoms with van der Waals surface area (Å²) in [5, 5.41) is 13.3. The summed E-state index contributed by atoms with van der Waals surface area (Å²) >= 11 is 6.61. The van der Waals surface area contributed by atoms with Crippen LogP contribution in [0, 0.1) is 23.5 Å². The van der Waals surface area contributed by atoms with Crippen LogP contribution in [-0.2, 0) is 10.4 Å². The number of para-hydroxylation sites is 1. The van der Waals surface area contributed by atoms with Crippen molar-refractivity contribution < 1.29 is 32.3 Å². The van der Waals surface area contributed by atoms with E-state index in [9.17, 15) is 27.9 Å². The van der Waals surface area contributed by atoms with E-state index in [1.165, 1.54) is 36.8 Å². The Morgan fingerprint density at radius 3 is 2.54 bits per heavy atom. The number of benzene rings is 1. The third-order valence-electron chi connectivity index (χ3n) is 7.43. The summed E-state index contributed by atoms with van der Waals surface area (Å²) in [6.07, 6.45) is 1.75. The van der Waals surface area contributed by atoms with Gasteiger partial charge in [0.1, 0.15) is 11.6 Å². The predicted molar refractivity (Wildman–Crippen MR) is 133 cm³/mol. The zero-order valence-corrected chi connectivity index (χ0v) is 21.0. The molecule has 3 heterocycles. The van der Waals surface area contributed by atoms with Crippen LogP contribution in [-0.4, -0.2) is 51.3 Å². The van der Waals surface area contributed by atoms with E-state index in [1.54, 1.807) is 6.07 Å². The Morgan fingerprint density at radius 1 is 1.08 bits per heavy atom. The fraction of sp³-hybridized carbons (Fsp3) is 0.333. The van der Waals surface area contributed by atoms with Gasteiger partial charge in [-0.25, -0.2) is 17.6 Å². The van der Waals surface area contributed by atoms with Gasteiger partial charge in [0.25, 0.3) is 11.8 Å². The number of amides is 2. The van der Waals surface area contributed by atoms with E-state index >= 15 is 4.39 Å². The highest BCUT2D eigenvalue weighted by Crippen LogP contribution is 2.47. The standard InChI is InChI=1S/C27H23ClF4N4O3/c28-19-10-22(35-25(37)14-3-2-7-33-11-14)16(24(31)32)9-15(19)13-36-23-18(4-1-5-20(23)29)27(39,26(36)38)17-6-8-34-12-21(17)30/h1-8,11-12,15-16,19,22,24,39H,9-10,13H2,(H,35,37)/t15-,16-,19-,22-,27+/m1/s1. The van der Waals surface area contributed by atoms with Crippen molar-refractivity contribution in [2.75, 3.05) is 11.4 Å². The molecule has 1 saturated carbocycles. The number of rotatable bonds is 6. The van der Waals surface area contributed by atoms with Gasteiger partial charge in [-0.1, -0.05) is 12.1 Å². The van der Waals surface area contributed by atoms with Crippen LogP contribution in [0.2, 0.25) is 0 Å². The molecule has 1 aliphatic heterocycles. The van der Waals surface area contributed by atoms with Crippen molar-refractivity contribution in [2.24, 2.45) is 11.8 Å². The number of anilines is 1. The first-order chi connectivity index (χ1) is 18.6. The smallest absolute Gasteiger partial charge is 0.268 e.